The number of rotatable bonds is 5. The first kappa shape index (κ1) is 20.6. The quantitative estimate of drug-likeness (QED) is 0.377. The van der Waals surface area contributed by atoms with E-state index in [-0.39, 0.29) is 5.56 Å². The lowest BCUT2D eigenvalue weighted by Gasteiger charge is -2.05. The van der Waals surface area contributed by atoms with Crippen LogP contribution in [-0.2, 0) is 5.75 Å². The predicted octanol–water partition coefficient (Wildman–Crippen LogP) is 4.84. The molecule has 5 rings (SSSR count). The average molecular weight is 461 g/mol. The van der Waals surface area contributed by atoms with E-state index in [1.807, 2.05) is 38.1 Å². The Balaban J connectivity index is 1.46. The molecule has 1 N–H and O–H groups in total. The van der Waals surface area contributed by atoms with E-state index in [1.54, 1.807) is 16.0 Å². The summed E-state index contributed by atoms with van der Waals surface area (Å²) in [4.78, 5) is 22.5. The van der Waals surface area contributed by atoms with Crippen LogP contribution in [0.4, 0.5) is 0 Å². The van der Waals surface area contributed by atoms with E-state index in [0.717, 1.165) is 32.1 Å². The maximum Gasteiger partial charge on any atom is 0.260 e. The molecule has 3 heterocycles. The topological polar surface area (TPSA) is 89.3 Å². The van der Waals surface area contributed by atoms with Crippen LogP contribution in [0.2, 0.25) is 0 Å². The van der Waals surface area contributed by atoms with Gasteiger partial charge in [0.15, 0.2) is 0 Å². The van der Waals surface area contributed by atoms with Gasteiger partial charge in [-0.1, -0.05) is 53.7 Å². The van der Waals surface area contributed by atoms with Gasteiger partial charge in [0.25, 0.3) is 5.56 Å². The zero-order valence-electron chi connectivity index (χ0n) is 17.8. The van der Waals surface area contributed by atoms with Gasteiger partial charge < -0.3 is 4.98 Å². The molecule has 3 aromatic heterocycles. The highest BCUT2D eigenvalue weighted by molar-refractivity contribution is 7.98. The Morgan fingerprint density at radius 2 is 1.88 bits per heavy atom. The number of fused-ring (bicyclic) bond motifs is 1. The highest BCUT2D eigenvalue weighted by atomic mass is 32.2. The summed E-state index contributed by atoms with van der Waals surface area (Å²) < 4.78 is 1.69. The SMILES string of the molecule is Cc1ccc(-c2c(C)sc3nc(CSc4nnnn4-c4cccc(C)c4)[nH]c(=O)c23)cc1. The molecule has 160 valence electrons. The third kappa shape index (κ3) is 3.85. The number of tetrazole rings is 1. The Morgan fingerprint density at radius 3 is 2.66 bits per heavy atom. The molecule has 32 heavy (non-hydrogen) atoms. The number of hydrogen-bond donors (Lipinski definition) is 1. The molecular formula is C23H20N6OS2. The number of aromatic amines is 1. The van der Waals surface area contributed by atoms with E-state index in [2.05, 4.69) is 51.7 Å². The number of nitrogens with one attached hydrogen (secondary N) is 1. The van der Waals surface area contributed by atoms with Crippen LogP contribution >= 0.6 is 23.1 Å². The summed E-state index contributed by atoms with van der Waals surface area (Å²) in [6, 6.07) is 16.2. The van der Waals surface area contributed by atoms with Gasteiger partial charge in [-0.3, -0.25) is 4.79 Å². The first-order valence-electron chi connectivity index (χ1n) is 10.1. The van der Waals surface area contributed by atoms with Crippen molar-refractivity contribution in [3.8, 4) is 16.8 Å². The highest BCUT2D eigenvalue weighted by Crippen LogP contribution is 2.35. The van der Waals surface area contributed by atoms with Crippen LogP contribution in [0.3, 0.4) is 0 Å². The molecule has 0 fully saturated rings. The minimum atomic E-state index is -0.121. The molecule has 0 atom stereocenters. The average Bonchev–Trinajstić information content (AvgIpc) is 3.37. The van der Waals surface area contributed by atoms with E-state index in [1.165, 1.54) is 17.3 Å². The number of aromatic nitrogens is 6. The maximum absolute atomic E-state index is 13.0. The summed E-state index contributed by atoms with van der Waals surface area (Å²) in [6.45, 7) is 6.11. The fourth-order valence-electron chi connectivity index (χ4n) is 3.62. The Morgan fingerprint density at radius 1 is 1.06 bits per heavy atom. The van der Waals surface area contributed by atoms with Crippen molar-refractivity contribution in [3.63, 3.8) is 0 Å². The summed E-state index contributed by atoms with van der Waals surface area (Å²) >= 11 is 2.98. The summed E-state index contributed by atoms with van der Waals surface area (Å²) in [5, 5.41) is 13.3. The number of hydrogen-bond acceptors (Lipinski definition) is 7. The van der Waals surface area contributed by atoms with Gasteiger partial charge in [-0.15, -0.1) is 16.4 Å². The van der Waals surface area contributed by atoms with E-state index in [4.69, 9.17) is 4.98 Å². The van der Waals surface area contributed by atoms with Gasteiger partial charge in [0.05, 0.1) is 16.8 Å². The highest BCUT2D eigenvalue weighted by Gasteiger charge is 2.17. The first-order chi connectivity index (χ1) is 15.5. The Bertz CT molecular complexity index is 1480. The largest absolute Gasteiger partial charge is 0.309 e. The molecule has 7 nitrogen and oxygen atoms in total. The van der Waals surface area contributed by atoms with Crippen molar-refractivity contribution in [1.29, 1.82) is 0 Å². The zero-order valence-corrected chi connectivity index (χ0v) is 19.4. The standard InChI is InChI=1S/C23H20N6OS2/c1-13-7-9-16(10-8-13)19-15(3)32-22-20(19)21(30)24-18(25-22)12-31-23-26-27-28-29(23)17-6-4-5-14(2)11-17/h4-11H,12H2,1-3H3,(H,24,25,30). The van der Waals surface area contributed by atoms with Gasteiger partial charge in [0, 0.05) is 10.4 Å². The molecule has 0 aliphatic heterocycles. The molecule has 0 bridgehead atoms. The van der Waals surface area contributed by atoms with Crippen LogP contribution in [0.1, 0.15) is 21.8 Å². The van der Waals surface area contributed by atoms with Crippen LogP contribution in [0.25, 0.3) is 27.0 Å². The molecule has 0 amide bonds. The molecular weight excluding hydrogens is 440 g/mol. The van der Waals surface area contributed by atoms with Gasteiger partial charge in [-0.2, -0.15) is 4.68 Å². The van der Waals surface area contributed by atoms with Gasteiger partial charge in [-0.05, 0) is 54.5 Å². The number of thiophene rings is 1. The third-order valence-electron chi connectivity index (χ3n) is 5.15. The second kappa shape index (κ2) is 8.33. The van der Waals surface area contributed by atoms with Crippen molar-refractivity contribution < 1.29 is 0 Å². The van der Waals surface area contributed by atoms with Crippen molar-refractivity contribution in [2.75, 3.05) is 0 Å². The van der Waals surface area contributed by atoms with Crippen molar-refractivity contribution in [2.24, 2.45) is 0 Å². The Labute approximate surface area is 192 Å². The minimum absolute atomic E-state index is 0.121. The second-order valence-electron chi connectivity index (χ2n) is 7.59. The Hall–Kier alpha value is -3.30. The zero-order chi connectivity index (χ0) is 22.2. The van der Waals surface area contributed by atoms with Crippen LogP contribution < -0.4 is 5.56 Å². The molecule has 9 heteroatoms. The van der Waals surface area contributed by atoms with Gasteiger partial charge >= 0.3 is 0 Å². The van der Waals surface area contributed by atoms with Crippen molar-refractivity contribution in [3.05, 3.63) is 80.7 Å². The first-order valence-corrected chi connectivity index (χ1v) is 11.9. The molecule has 0 unspecified atom stereocenters. The Kier molecular flexibility index (Phi) is 5.36. The summed E-state index contributed by atoms with van der Waals surface area (Å²) in [5.41, 5.74) is 5.08. The smallest absolute Gasteiger partial charge is 0.260 e. The summed E-state index contributed by atoms with van der Waals surface area (Å²) in [6.07, 6.45) is 0. The summed E-state index contributed by atoms with van der Waals surface area (Å²) in [7, 11) is 0. The monoisotopic (exact) mass is 460 g/mol. The minimum Gasteiger partial charge on any atom is -0.309 e. The molecule has 0 saturated heterocycles. The molecule has 2 aromatic carbocycles. The number of aryl methyl sites for hydroxylation is 3. The van der Waals surface area contributed by atoms with Crippen molar-refractivity contribution in [1.82, 2.24) is 30.2 Å². The maximum atomic E-state index is 13.0. The third-order valence-corrected chi connectivity index (χ3v) is 7.08. The van der Waals surface area contributed by atoms with Gasteiger partial charge in [0.2, 0.25) is 5.16 Å². The van der Waals surface area contributed by atoms with Crippen LogP contribution in [-0.4, -0.2) is 30.2 Å². The van der Waals surface area contributed by atoms with E-state index in [0.29, 0.717) is 22.1 Å². The number of H-pyrrole nitrogens is 1. The molecule has 0 saturated carbocycles. The molecule has 0 aliphatic carbocycles. The fourth-order valence-corrected chi connectivity index (χ4v) is 5.45. The van der Waals surface area contributed by atoms with Gasteiger partial charge in [0.1, 0.15) is 10.7 Å². The van der Waals surface area contributed by atoms with Crippen molar-refractivity contribution in [2.45, 2.75) is 31.7 Å². The molecule has 0 aliphatic rings. The van der Waals surface area contributed by atoms with Gasteiger partial charge in [-0.25, -0.2) is 4.98 Å². The van der Waals surface area contributed by atoms with Crippen LogP contribution in [0.15, 0.2) is 58.5 Å². The molecule has 0 spiro atoms. The number of nitrogens with zero attached hydrogens (tertiary/aromatic N) is 5. The van der Waals surface area contributed by atoms with E-state index < -0.39 is 0 Å². The van der Waals surface area contributed by atoms with E-state index in [9.17, 15) is 4.79 Å². The number of thioether (sulfide) groups is 1. The fraction of sp³-hybridized carbons (Fsp3) is 0.174. The predicted molar refractivity (Wildman–Crippen MR) is 129 cm³/mol. The van der Waals surface area contributed by atoms with E-state index >= 15 is 0 Å². The van der Waals surface area contributed by atoms with Crippen LogP contribution in [0.5, 0.6) is 0 Å². The lowest BCUT2D eigenvalue weighted by Crippen LogP contribution is -2.11. The molecule has 5 aromatic rings. The lowest BCUT2D eigenvalue weighted by atomic mass is 10.0. The summed E-state index contributed by atoms with van der Waals surface area (Å²) in [5.74, 6) is 1.05. The molecule has 0 radical (unpaired) electrons. The number of benzene rings is 2. The van der Waals surface area contributed by atoms with Crippen molar-refractivity contribution >= 4 is 33.3 Å². The normalized spacial score (nSPS) is 11.3. The lowest BCUT2D eigenvalue weighted by molar-refractivity contribution is 0.755. The second-order valence-corrected chi connectivity index (χ2v) is 9.74. The van der Waals surface area contributed by atoms with Crippen LogP contribution in [0, 0.1) is 20.8 Å².